The van der Waals surface area contributed by atoms with Gasteiger partial charge in [0, 0.05) is 12.0 Å². The van der Waals surface area contributed by atoms with Gasteiger partial charge in [0.25, 0.3) is 5.91 Å². The summed E-state index contributed by atoms with van der Waals surface area (Å²) < 4.78 is 2.22. The molecule has 0 bridgehead atoms. The summed E-state index contributed by atoms with van der Waals surface area (Å²) in [6.45, 7) is 6.38. The highest BCUT2D eigenvalue weighted by molar-refractivity contribution is 5.92. The van der Waals surface area contributed by atoms with Gasteiger partial charge in [-0.25, -0.2) is 4.98 Å². The molecular weight excluding hydrogens is 202 g/mol. The fourth-order valence-corrected chi connectivity index (χ4v) is 2.51. The first-order valence-electron chi connectivity index (χ1n) is 5.93. The van der Waals surface area contributed by atoms with Crippen LogP contribution in [0.3, 0.4) is 0 Å². The Labute approximate surface area is 95.9 Å². The maximum Gasteiger partial charge on any atom is 0.269 e. The Morgan fingerprint density at radius 2 is 2.25 bits per heavy atom. The standard InChI is InChI=1S/C12H19N3O/c1-7(2)12-14-10(11(13)16)9-6-4-5-8(3)15(9)12/h7-8H,4-6H2,1-3H3,(H2,13,16). The van der Waals surface area contributed by atoms with Crippen LogP contribution in [0, 0.1) is 0 Å². The number of hydrogen-bond acceptors (Lipinski definition) is 2. The molecule has 2 N–H and O–H groups in total. The highest BCUT2D eigenvalue weighted by atomic mass is 16.1. The van der Waals surface area contributed by atoms with Crippen molar-refractivity contribution in [3.63, 3.8) is 0 Å². The summed E-state index contributed by atoms with van der Waals surface area (Å²) in [5.74, 6) is 0.924. The van der Waals surface area contributed by atoms with Gasteiger partial charge < -0.3 is 10.3 Å². The predicted octanol–water partition coefficient (Wildman–Crippen LogP) is 2.00. The van der Waals surface area contributed by atoms with Gasteiger partial charge in [-0.05, 0) is 26.2 Å². The molecule has 4 nitrogen and oxygen atoms in total. The molecule has 1 atom stereocenters. The molecule has 16 heavy (non-hydrogen) atoms. The second kappa shape index (κ2) is 3.92. The second-order valence-electron chi connectivity index (χ2n) is 4.90. The van der Waals surface area contributed by atoms with E-state index in [0.717, 1.165) is 30.8 Å². The van der Waals surface area contributed by atoms with E-state index in [4.69, 9.17) is 5.73 Å². The molecule has 1 aromatic heterocycles. The summed E-state index contributed by atoms with van der Waals surface area (Å²) in [5, 5.41) is 0. The van der Waals surface area contributed by atoms with Gasteiger partial charge in [-0.2, -0.15) is 0 Å². The topological polar surface area (TPSA) is 60.9 Å². The highest BCUT2D eigenvalue weighted by Crippen LogP contribution is 2.31. The molecule has 1 amide bonds. The minimum atomic E-state index is -0.398. The zero-order chi connectivity index (χ0) is 11.9. The summed E-state index contributed by atoms with van der Waals surface area (Å²) in [4.78, 5) is 15.8. The Kier molecular flexibility index (Phi) is 2.74. The Balaban J connectivity index is 2.60. The van der Waals surface area contributed by atoms with Gasteiger partial charge in [0.1, 0.15) is 11.5 Å². The van der Waals surface area contributed by atoms with Crippen LogP contribution in [0.15, 0.2) is 0 Å². The molecule has 0 aliphatic carbocycles. The van der Waals surface area contributed by atoms with Crippen molar-refractivity contribution in [2.24, 2.45) is 5.73 Å². The molecule has 0 aromatic carbocycles. The number of primary amides is 1. The third-order valence-electron chi connectivity index (χ3n) is 3.26. The van der Waals surface area contributed by atoms with Crippen LogP contribution in [0.1, 0.15) is 67.6 Å². The molecule has 4 heteroatoms. The lowest BCUT2D eigenvalue weighted by atomic mass is 10.0. The van der Waals surface area contributed by atoms with Crippen LogP contribution < -0.4 is 5.73 Å². The molecule has 88 valence electrons. The monoisotopic (exact) mass is 221 g/mol. The van der Waals surface area contributed by atoms with E-state index in [9.17, 15) is 4.79 Å². The van der Waals surface area contributed by atoms with E-state index < -0.39 is 5.91 Å². The SMILES string of the molecule is CC(C)c1nc(C(N)=O)c2n1C(C)CCC2. The second-order valence-corrected chi connectivity index (χ2v) is 4.90. The van der Waals surface area contributed by atoms with Crippen LogP contribution in [0.25, 0.3) is 0 Å². The van der Waals surface area contributed by atoms with Crippen LogP contribution in [0.5, 0.6) is 0 Å². The lowest BCUT2D eigenvalue weighted by Gasteiger charge is -2.25. The number of imidazole rings is 1. The van der Waals surface area contributed by atoms with E-state index >= 15 is 0 Å². The Morgan fingerprint density at radius 3 is 2.81 bits per heavy atom. The predicted molar refractivity (Wildman–Crippen MR) is 62.5 cm³/mol. The normalized spacial score (nSPS) is 19.9. The lowest BCUT2D eigenvalue weighted by Crippen LogP contribution is -2.20. The number of carbonyl (C=O) groups is 1. The highest BCUT2D eigenvalue weighted by Gasteiger charge is 2.27. The molecule has 0 fully saturated rings. The Morgan fingerprint density at radius 1 is 1.56 bits per heavy atom. The van der Waals surface area contributed by atoms with Crippen molar-refractivity contribution in [2.75, 3.05) is 0 Å². The quantitative estimate of drug-likeness (QED) is 0.830. The maximum atomic E-state index is 11.4. The molecule has 2 heterocycles. The van der Waals surface area contributed by atoms with Crippen molar-refractivity contribution in [3.8, 4) is 0 Å². The minimum absolute atomic E-state index is 0.326. The maximum absolute atomic E-state index is 11.4. The summed E-state index contributed by atoms with van der Waals surface area (Å²) >= 11 is 0. The molecule has 0 radical (unpaired) electrons. The van der Waals surface area contributed by atoms with Crippen LogP contribution in [-0.2, 0) is 6.42 Å². The molecule has 2 rings (SSSR count). The summed E-state index contributed by atoms with van der Waals surface area (Å²) in [6, 6.07) is 0.432. The number of amides is 1. The van der Waals surface area contributed by atoms with Crippen molar-refractivity contribution >= 4 is 5.91 Å². The summed E-state index contributed by atoms with van der Waals surface area (Å²) in [7, 11) is 0. The zero-order valence-corrected chi connectivity index (χ0v) is 10.2. The van der Waals surface area contributed by atoms with Gasteiger partial charge in [-0.3, -0.25) is 4.79 Å². The number of nitrogens with two attached hydrogens (primary N) is 1. The van der Waals surface area contributed by atoms with Gasteiger partial charge in [-0.15, -0.1) is 0 Å². The third kappa shape index (κ3) is 1.62. The molecule has 1 unspecified atom stereocenters. The van der Waals surface area contributed by atoms with E-state index in [0.29, 0.717) is 17.7 Å². The van der Waals surface area contributed by atoms with E-state index in [-0.39, 0.29) is 0 Å². The fraction of sp³-hybridized carbons (Fsp3) is 0.667. The molecule has 0 saturated carbocycles. The zero-order valence-electron chi connectivity index (χ0n) is 10.2. The average molecular weight is 221 g/mol. The molecule has 0 spiro atoms. The van der Waals surface area contributed by atoms with Crippen molar-refractivity contribution < 1.29 is 4.79 Å². The van der Waals surface area contributed by atoms with Gasteiger partial charge in [0.05, 0.1) is 5.69 Å². The van der Waals surface area contributed by atoms with E-state index in [1.54, 1.807) is 0 Å². The first-order chi connectivity index (χ1) is 7.52. The first kappa shape index (κ1) is 11.2. The third-order valence-corrected chi connectivity index (χ3v) is 3.26. The molecular formula is C12H19N3O. The van der Waals surface area contributed by atoms with Crippen molar-refractivity contribution in [2.45, 2.75) is 52.0 Å². The largest absolute Gasteiger partial charge is 0.364 e. The fourth-order valence-electron chi connectivity index (χ4n) is 2.51. The van der Waals surface area contributed by atoms with E-state index in [1.807, 2.05) is 0 Å². The van der Waals surface area contributed by atoms with Crippen molar-refractivity contribution in [1.82, 2.24) is 9.55 Å². The van der Waals surface area contributed by atoms with Crippen molar-refractivity contribution in [1.29, 1.82) is 0 Å². The lowest BCUT2D eigenvalue weighted by molar-refractivity contribution is 0.0994. The minimum Gasteiger partial charge on any atom is -0.364 e. The number of rotatable bonds is 2. The van der Waals surface area contributed by atoms with Gasteiger partial charge in [0.2, 0.25) is 0 Å². The Bertz CT molecular complexity index is 420. The number of hydrogen-bond donors (Lipinski definition) is 1. The van der Waals surface area contributed by atoms with Crippen LogP contribution in [0.2, 0.25) is 0 Å². The van der Waals surface area contributed by atoms with E-state index in [1.165, 1.54) is 0 Å². The van der Waals surface area contributed by atoms with E-state index in [2.05, 4.69) is 30.3 Å². The summed E-state index contributed by atoms with van der Waals surface area (Å²) in [5.41, 5.74) is 6.90. The van der Waals surface area contributed by atoms with Gasteiger partial charge in [-0.1, -0.05) is 13.8 Å². The van der Waals surface area contributed by atoms with Crippen LogP contribution in [-0.4, -0.2) is 15.5 Å². The molecule has 1 aromatic rings. The molecule has 0 saturated heterocycles. The smallest absolute Gasteiger partial charge is 0.269 e. The van der Waals surface area contributed by atoms with Crippen LogP contribution >= 0.6 is 0 Å². The van der Waals surface area contributed by atoms with Gasteiger partial charge >= 0.3 is 0 Å². The van der Waals surface area contributed by atoms with Crippen molar-refractivity contribution in [3.05, 3.63) is 17.2 Å². The average Bonchev–Trinajstić information content (AvgIpc) is 2.58. The summed E-state index contributed by atoms with van der Waals surface area (Å²) in [6.07, 6.45) is 3.19. The number of carbonyl (C=O) groups excluding carboxylic acids is 1. The number of nitrogens with zero attached hydrogens (tertiary/aromatic N) is 2. The Hall–Kier alpha value is -1.32. The first-order valence-corrected chi connectivity index (χ1v) is 5.93. The number of aromatic nitrogens is 2. The van der Waals surface area contributed by atoms with Gasteiger partial charge in [0.15, 0.2) is 0 Å². The number of fused-ring (bicyclic) bond motifs is 1. The van der Waals surface area contributed by atoms with Crippen LogP contribution in [0.4, 0.5) is 0 Å². The molecule has 1 aliphatic heterocycles. The molecule has 1 aliphatic rings.